The monoisotopic (exact) mass is 661 g/mol. The van der Waals surface area contributed by atoms with Gasteiger partial charge in [0.25, 0.3) is 0 Å². The van der Waals surface area contributed by atoms with Crippen molar-refractivity contribution in [3.8, 4) is 23.3 Å². The van der Waals surface area contributed by atoms with Crippen LogP contribution in [-0.4, -0.2) is 48.9 Å². The van der Waals surface area contributed by atoms with Gasteiger partial charge < -0.3 is 29.3 Å². The molecule has 1 fully saturated rings. The minimum Gasteiger partial charge on any atom is -0.465 e. The van der Waals surface area contributed by atoms with Gasteiger partial charge in [0.15, 0.2) is 0 Å². The highest BCUT2D eigenvalue weighted by molar-refractivity contribution is 7.50. The number of piperidine rings is 1. The van der Waals surface area contributed by atoms with Crippen molar-refractivity contribution in [3.05, 3.63) is 113 Å². The number of likely N-dealkylation sites (tertiary alicyclic amines) is 1. The van der Waals surface area contributed by atoms with Gasteiger partial charge in [0.1, 0.15) is 11.5 Å². The minimum atomic E-state index is -4.07. The summed E-state index contributed by atoms with van der Waals surface area (Å²) in [6, 6.07) is 25.6. The first kappa shape index (κ1) is 37.0. The molecule has 5 rings (SSSR count). The molecule has 2 aromatic carbocycles. The zero-order valence-corrected chi connectivity index (χ0v) is 28.3. The predicted molar refractivity (Wildman–Crippen MR) is 184 cm³/mol. The number of ether oxygens (including phenoxy) is 2. The molecule has 10 nitrogen and oxygen atoms in total. The molecule has 0 radical (unpaired) electrons. The normalized spacial score (nSPS) is 12.6. The van der Waals surface area contributed by atoms with Crippen molar-refractivity contribution in [1.82, 2.24) is 14.9 Å². The van der Waals surface area contributed by atoms with Crippen LogP contribution in [0.5, 0.6) is 23.3 Å². The number of amides is 1. The van der Waals surface area contributed by atoms with Crippen LogP contribution in [0.25, 0.3) is 6.08 Å². The Hall–Kier alpha value is -4.50. The molecule has 1 amide bonds. The molecule has 3 heterocycles. The maximum Gasteiger partial charge on any atom is 0.407 e. The van der Waals surface area contributed by atoms with Gasteiger partial charge in [-0.3, -0.25) is 4.57 Å². The van der Waals surface area contributed by atoms with Crippen LogP contribution in [0.4, 0.5) is 4.79 Å². The number of aryl methyl sites for hydroxylation is 2. The van der Waals surface area contributed by atoms with E-state index in [2.05, 4.69) is 29.9 Å². The Morgan fingerprint density at radius 1 is 0.809 bits per heavy atom. The van der Waals surface area contributed by atoms with E-state index >= 15 is 0 Å². The fraction of sp³-hybridized carbons (Fsp3) is 0.306. The van der Waals surface area contributed by atoms with E-state index in [0.29, 0.717) is 36.2 Å². The van der Waals surface area contributed by atoms with E-state index in [-0.39, 0.29) is 6.16 Å². The third-order valence-corrected chi connectivity index (χ3v) is 7.64. The van der Waals surface area contributed by atoms with Crippen molar-refractivity contribution >= 4 is 19.8 Å². The second-order valence-corrected chi connectivity index (χ2v) is 12.7. The average Bonchev–Trinajstić information content (AvgIpc) is 3.01. The van der Waals surface area contributed by atoms with Crippen LogP contribution in [0.15, 0.2) is 90.5 Å². The number of nitrogens with zero attached hydrogens (tertiary/aromatic N) is 3. The highest BCUT2D eigenvalue weighted by Crippen LogP contribution is 2.39. The van der Waals surface area contributed by atoms with Gasteiger partial charge in [-0.15, -0.1) is 0 Å². The Bertz CT molecular complexity index is 1660. The summed E-state index contributed by atoms with van der Waals surface area (Å²) in [5.41, 5.74) is 4.59. The van der Waals surface area contributed by atoms with Gasteiger partial charge in [-0.2, -0.15) is 0 Å². The summed E-state index contributed by atoms with van der Waals surface area (Å²) in [6.07, 6.45) is 5.17. The van der Waals surface area contributed by atoms with Gasteiger partial charge >= 0.3 is 13.7 Å². The molecule has 1 aliphatic heterocycles. The Balaban J connectivity index is 0.000000235. The Labute approximate surface area is 276 Å². The van der Waals surface area contributed by atoms with E-state index < -0.39 is 13.7 Å². The largest absolute Gasteiger partial charge is 0.465 e. The Morgan fingerprint density at radius 2 is 1.32 bits per heavy atom. The van der Waals surface area contributed by atoms with Crippen LogP contribution in [0.3, 0.4) is 0 Å². The number of rotatable bonds is 8. The summed E-state index contributed by atoms with van der Waals surface area (Å²) < 4.78 is 22.3. The number of hydrogen-bond acceptors (Lipinski definition) is 6. The fourth-order valence-corrected chi connectivity index (χ4v) is 5.04. The van der Waals surface area contributed by atoms with Crippen molar-refractivity contribution in [2.45, 2.75) is 59.5 Å². The molecule has 11 heteroatoms. The van der Waals surface area contributed by atoms with Crippen LogP contribution < -0.4 is 9.47 Å². The number of pyridine rings is 2. The molecule has 0 spiro atoms. The minimum absolute atomic E-state index is 0.300. The molecular formula is C36H44N3O7P. The van der Waals surface area contributed by atoms with Crippen LogP contribution >= 0.6 is 7.60 Å². The van der Waals surface area contributed by atoms with Crippen molar-refractivity contribution in [2.24, 2.45) is 0 Å². The molecule has 250 valence electrons. The van der Waals surface area contributed by atoms with Gasteiger partial charge in [0, 0.05) is 36.6 Å². The molecule has 1 aliphatic rings. The average molecular weight is 662 g/mol. The lowest BCUT2D eigenvalue weighted by Crippen LogP contribution is -2.35. The van der Waals surface area contributed by atoms with Gasteiger partial charge in [0.2, 0.25) is 11.8 Å². The SMILES string of the molecule is CCCC.Cc1cccc(Oc2cccc(C=C3CCN(C(=O)O)CC3)c2)n1.Cc1cccc(Oc2cccc(CP(=O)(O)O)c2)n1. The molecule has 2 aromatic heterocycles. The molecule has 4 aromatic rings. The van der Waals surface area contributed by atoms with Crippen LogP contribution in [-0.2, 0) is 10.7 Å². The number of benzene rings is 2. The van der Waals surface area contributed by atoms with Gasteiger partial charge in [-0.25, -0.2) is 14.8 Å². The third-order valence-electron chi connectivity index (χ3n) is 6.86. The Kier molecular flexibility index (Phi) is 14.6. The van der Waals surface area contributed by atoms with Crippen molar-refractivity contribution in [1.29, 1.82) is 0 Å². The molecule has 0 unspecified atom stereocenters. The van der Waals surface area contributed by atoms with Gasteiger partial charge in [0.05, 0.1) is 6.16 Å². The summed E-state index contributed by atoms with van der Waals surface area (Å²) in [7, 11) is -4.07. The fourth-order valence-electron chi connectivity index (χ4n) is 4.37. The number of hydrogen-bond donors (Lipinski definition) is 3. The van der Waals surface area contributed by atoms with Crippen molar-refractivity contribution in [2.75, 3.05) is 13.1 Å². The highest BCUT2D eigenvalue weighted by atomic mass is 31.2. The van der Waals surface area contributed by atoms with Gasteiger partial charge in [-0.05, 0) is 74.2 Å². The van der Waals surface area contributed by atoms with E-state index in [1.807, 2.05) is 68.4 Å². The zero-order chi connectivity index (χ0) is 34.2. The lowest BCUT2D eigenvalue weighted by molar-refractivity contribution is 0.142. The molecular weight excluding hydrogens is 617 g/mol. The number of unbranched alkanes of at least 4 members (excludes halogenated alkanes) is 1. The van der Waals surface area contributed by atoms with Crippen molar-refractivity contribution in [3.63, 3.8) is 0 Å². The molecule has 0 saturated carbocycles. The summed E-state index contributed by atoms with van der Waals surface area (Å²) >= 11 is 0. The zero-order valence-electron chi connectivity index (χ0n) is 27.4. The van der Waals surface area contributed by atoms with E-state index in [1.54, 1.807) is 30.3 Å². The predicted octanol–water partition coefficient (Wildman–Crippen LogP) is 9.01. The number of carbonyl (C=O) groups is 1. The molecule has 47 heavy (non-hydrogen) atoms. The number of carboxylic acid groups (broad SMARTS) is 1. The smallest absolute Gasteiger partial charge is 0.407 e. The highest BCUT2D eigenvalue weighted by Gasteiger charge is 2.18. The maximum absolute atomic E-state index is 11.0. The van der Waals surface area contributed by atoms with E-state index in [0.717, 1.165) is 35.5 Å². The third kappa shape index (κ3) is 14.2. The first-order chi connectivity index (χ1) is 22.4. The molecule has 0 atom stereocenters. The van der Waals surface area contributed by atoms with Crippen LogP contribution in [0.1, 0.15) is 62.0 Å². The summed E-state index contributed by atoms with van der Waals surface area (Å²) in [6.45, 7) is 9.27. The van der Waals surface area contributed by atoms with E-state index in [1.165, 1.54) is 23.3 Å². The molecule has 1 saturated heterocycles. The molecule has 3 N–H and O–H groups in total. The molecule has 0 aliphatic carbocycles. The molecule has 0 bridgehead atoms. The maximum atomic E-state index is 11.0. The summed E-state index contributed by atoms with van der Waals surface area (Å²) in [5, 5.41) is 8.99. The quantitative estimate of drug-likeness (QED) is 0.158. The Morgan fingerprint density at radius 3 is 1.81 bits per heavy atom. The van der Waals surface area contributed by atoms with Crippen molar-refractivity contribution < 1.29 is 33.7 Å². The van der Waals surface area contributed by atoms with Crippen LogP contribution in [0.2, 0.25) is 0 Å². The van der Waals surface area contributed by atoms with Gasteiger partial charge in [-0.1, -0.05) is 74.7 Å². The first-order valence-electron chi connectivity index (χ1n) is 15.6. The van der Waals surface area contributed by atoms with E-state index in [9.17, 15) is 9.36 Å². The summed E-state index contributed by atoms with van der Waals surface area (Å²) in [5.74, 6) is 2.28. The first-order valence-corrected chi connectivity index (χ1v) is 17.4. The standard InChI is InChI=1S/C19H20N2O3.C13H14NO4P.C4H10/c1-14-4-2-7-18(20-14)24-17-6-3-5-16(13-17)12-15-8-10-21(11-9-15)19(22)23;1-10-4-2-7-13(14-10)18-12-6-3-5-11(8-12)9-19(15,16)17;1-3-4-2/h2-7,12-13H,8-11H2,1H3,(H,22,23);2-8H,9H2,1H3,(H2,15,16,17);3-4H2,1-2H3. The second-order valence-electron chi connectivity index (χ2n) is 11.1. The van der Waals surface area contributed by atoms with Crippen LogP contribution in [0, 0.1) is 13.8 Å². The van der Waals surface area contributed by atoms with E-state index in [4.69, 9.17) is 24.4 Å². The number of aromatic nitrogens is 2. The topological polar surface area (TPSA) is 142 Å². The summed E-state index contributed by atoms with van der Waals surface area (Å²) in [4.78, 5) is 38.8. The lowest BCUT2D eigenvalue weighted by Gasteiger charge is -2.25. The second kappa shape index (κ2) is 18.6. The lowest BCUT2D eigenvalue weighted by atomic mass is 10.0.